The molecule has 1 N–H and O–H groups in total. The van der Waals surface area contributed by atoms with Crippen molar-refractivity contribution >= 4 is 11.3 Å². The van der Waals surface area contributed by atoms with Crippen LogP contribution in [0.5, 0.6) is 0 Å². The van der Waals surface area contributed by atoms with E-state index in [0.717, 1.165) is 16.3 Å². The third-order valence-electron chi connectivity index (χ3n) is 2.48. The van der Waals surface area contributed by atoms with Crippen LogP contribution >= 0.6 is 11.3 Å². The maximum atomic E-state index is 9.75. The average Bonchev–Trinajstić information content (AvgIpc) is 2.64. The van der Waals surface area contributed by atoms with Crippen molar-refractivity contribution in [3.63, 3.8) is 0 Å². The van der Waals surface area contributed by atoms with Crippen LogP contribution in [0.4, 0.5) is 0 Å². The number of aryl methyl sites for hydroxylation is 1. The molecule has 0 aliphatic carbocycles. The average molecular weight is 247 g/mol. The van der Waals surface area contributed by atoms with Gasteiger partial charge >= 0.3 is 0 Å². The second-order valence-corrected chi connectivity index (χ2v) is 5.92. The monoisotopic (exact) mass is 247 g/mol. The smallest absolute Gasteiger partial charge is 0.0961 e. The molecule has 0 fully saturated rings. The third kappa shape index (κ3) is 3.38. The van der Waals surface area contributed by atoms with Gasteiger partial charge in [-0.25, -0.2) is 4.98 Å². The summed E-state index contributed by atoms with van der Waals surface area (Å²) >= 11 is 1.60. The largest absolute Gasteiger partial charge is 0.390 e. The maximum Gasteiger partial charge on any atom is 0.0961 e. The second-order valence-electron chi connectivity index (χ2n) is 4.98. The van der Waals surface area contributed by atoms with Crippen molar-refractivity contribution in [1.82, 2.24) is 4.98 Å². The molecule has 0 aliphatic heterocycles. The first-order valence-electron chi connectivity index (χ1n) is 5.68. The predicted molar refractivity (Wildman–Crippen MR) is 72.3 cm³/mol. The molecular formula is C14H17NOS. The SMILES string of the molecule is Cc1ccc(-c2csc(CC(C)(C)O)n2)cc1. The Morgan fingerprint density at radius 2 is 1.88 bits per heavy atom. The number of hydrogen-bond acceptors (Lipinski definition) is 3. The van der Waals surface area contributed by atoms with Gasteiger partial charge in [0, 0.05) is 17.4 Å². The minimum Gasteiger partial charge on any atom is -0.390 e. The van der Waals surface area contributed by atoms with Crippen LogP contribution in [0, 0.1) is 6.92 Å². The van der Waals surface area contributed by atoms with Crippen molar-refractivity contribution in [2.45, 2.75) is 32.8 Å². The van der Waals surface area contributed by atoms with E-state index in [1.54, 1.807) is 25.2 Å². The number of rotatable bonds is 3. The van der Waals surface area contributed by atoms with E-state index in [9.17, 15) is 5.11 Å². The number of aromatic nitrogens is 1. The molecule has 1 aromatic heterocycles. The summed E-state index contributed by atoms with van der Waals surface area (Å²) in [6.45, 7) is 5.68. The zero-order chi connectivity index (χ0) is 12.5. The van der Waals surface area contributed by atoms with Crippen molar-refractivity contribution in [2.75, 3.05) is 0 Å². The summed E-state index contributed by atoms with van der Waals surface area (Å²) in [5.74, 6) is 0. The molecule has 0 aliphatic rings. The van der Waals surface area contributed by atoms with Crippen LogP contribution in [-0.4, -0.2) is 15.7 Å². The van der Waals surface area contributed by atoms with Gasteiger partial charge in [-0.2, -0.15) is 0 Å². The minimum atomic E-state index is -0.692. The lowest BCUT2D eigenvalue weighted by Crippen LogP contribution is -2.21. The van der Waals surface area contributed by atoms with Crippen LogP contribution in [0.15, 0.2) is 29.6 Å². The fourth-order valence-electron chi connectivity index (χ4n) is 1.62. The van der Waals surface area contributed by atoms with Crippen LogP contribution in [0.2, 0.25) is 0 Å². The first-order chi connectivity index (χ1) is 7.94. The van der Waals surface area contributed by atoms with E-state index < -0.39 is 5.60 Å². The quantitative estimate of drug-likeness (QED) is 0.901. The van der Waals surface area contributed by atoms with Gasteiger partial charge in [-0.05, 0) is 20.8 Å². The number of aliphatic hydroxyl groups is 1. The highest BCUT2D eigenvalue weighted by atomic mass is 32.1. The first kappa shape index (κ1) is 12.3. The molecular weight excluding hydrogens is 230 g/mol. The van der Waals surface area contributed by atoms with E-state index in [4.69, 9.17) is 0 Å². The molecule has 2 rings (SSSR count). The predicted octanol–water partition coefficient (Wildman–Crippen LogP) is 3.43. The van der Waals surface area contributed by atoms with E-state index in [1.165, 1.54) is 5.56 Å². The van der Waals surface area contributed by atoms with Gasteiger partial charge in [0.1, 0.15) is 0 Å². The van der Waals surface area contributed by atoms with E-state index in [2.05, 4.69) is 36.2 Å². The number of benzene rings is 1. The lowest BCUT2D eigenvalue weighted by atomic mass is 10.1. The molecule has 0 saturated carbocycles. The van der Waals surface area contributed by atoms with Gasteiger partial charge in [0.2, 0.25) is 0 Å². The van der Waals surface area contributed by atoms with Crippen molar-refractivity contribution in [3.8, 4) is 11.3 Å². The summed E-state index contributed by atoms with van der Waals surface area (Å²) in [4.78, 5) is 4.55. The minimum absolute atomic E-state index is 0.601. The number of hydrogen-bond donors (Lipinski definition) is 1. The van der Waals surface area contributed by atoms with Crippen molar-refractivity contribution in [2.24, 2.45) is 0 Å². The van der Waals surface area contributed by atoms with Gasteiger partial charge in [-0.15, -0.1) is 11.3 Å². The van der Waals surface area contributed by atoms with Gasteiger partial charge in [0.15, 0.2) is 0 Å². The zero-order valence-corrected chi connectivity index (χ0v) is 11.2. The summed E-state index contributed by atoms with van der Waals surface area (Å²) < 4.78 is 0. The van der Waals surface area contributed by atoms with Gasteiger partial charge < -0.3 is 5.11 Å². The fourth-order valence-corrected chi connectivity index (χ4v) is 2.64. The molecule has 17 heavy (non-hydrogen) atoms. The molecule has 3 heteroatoms. The third-order valence-corrected chi connectivity index (χ3v) is 3.33. The Morgan fingerprint density at radius 3 is 2.47 bits per heavy atom. The molecule has 90 valence electrons. The molecule has 2 nitrogen and oxygen atoms in total. The molecule has 0 amide bonds. The zero-order valence-electron chi connectivity index (χ0n) is 10.4. The van der Waals surface area contributed by atoms with Crippen LogP contribution in [-0.2, 0) is 6.42 Å². The second kappa shape index (κ2) is 4.59. The molecule has 0 atom stereocenters. The number of thiazole rings is 1. The summed E-state index contributed by atoms with van der Waals surface area (Å²) in [5, 5.41) is 12.8. The van der Waals surface area contributed by atoms with E-state index in [-0.39, 0.29) is 0 Å². The van der Waals surface area contributed by atoms with Crippen LogP contribution in [0.1, 0.15) is 24.4 Å². The van der Waals surface area contributed by atoms with Crippen molar-refractivity contribution in [3.05, 3.63) is 40.2 Å². The molecule has 0 saturated heterocycles. The van der Waals surface area contributed by atoms with Crippen LogP contribution in [0.25, 0.3) is 11.3 Å². The van der Waals surface area contributed by atoms with Gasteiger partial charge in [0.25, 0.3) is 0 Å². The Kier molecular flexibility index (Phi) is 3.31. The summed E-state index contributed by atoms with van der Waals surface area (Å²) in [5.41, 5.74) is 2.69. The molecule has 0 radical (unpaired) electrons. The van der Waals surface area contributed by atoms with Crippen LogP contribution < -0.4 is 0 Å². The molecule has 0 unspecified atom stereocenters. The molecule has 0 spiro atoms. The summed E-state index contributed by atoms with van der Waals surface area (Å²) in [7, 11) is 0. The fraction of sp³-hybridized carbons (Fsp3) is 0.357. The Labute approximate surface area is 106 Å². The lowest BCUT2D eigenvalue weighted by Gasteiger charge is -2.14. The topological polar surface area (TPSA) is 33.1 Å². The van der Waals surface area contributed by atoms with Crippen molar-refractivity contribution in [1.29, 1.82) is 0 Å². The van der Waals surface area contributed by atoms with E-state index in [0.29, 0.717) is 6.42 Å². The highest BCUT2D eigenvalue weighted by molar-refractivity contribution is 7.09. The molecule has 1 aromatic carbocycles. The Bertz CT molecular complexity index is 494. The van der Waals surface area contributed by atoms with Gasteiger partial charge in [-0.1, -0.05) is 29.8 Å². The first-order valence-corrected chi connectivity index (χ1v) is 6.56. The standard InChI is InChI=1S/C14H17NOS/c1-10-4-6-11(7-5-10)12-9-17-13(15-12)8-14(2,3)16/h4-7,9,16H,8H2,1-3H3. The number of nitrogens with zero attached hydrogens (tertiary/aromatic N) is 1. The van der Waals surface area contributed by atoms with E-state index >= 15 is 0 Å². The summed E-state index contributed by atoms with van der Waals surface area (Å²) in [6, 6.07) is 8.34. The Balaban J connectivity index is 2.21. The van der Waals surface area contributed by atoms with Crippen LogP contribution in [0.3, 0.4) is 0 Å². The molecule has 2 aromatic rings. The Morgan fingerprint density at radius 1 is 1.24 bits per heavy atom. The lowest BCUT2D eigenvalue weighted by molar-refractivity contribution is 0.0809. The highest BCUT2D eigenvalue weighted by Gasteiger charge is 2.16. The maximum absolute atomic E-state index is 9.75. The summed E-state index contributed by atoms with van der Waals surface area (Å²) in [6.07, 6.45) is 0.601. The molecule has 0 bridgehead atoms. The normalized spacial score (nSPS) is 11.8. The van der Waals surface area contributed by atoms with Gasteiger partial charge in [0.05, 0.1) is 16.3 Å². The molecule has 1 heterocycles. The Hall–Kier alpha value is -1.19. The van der Waals surface area contributed by atoms with Gasteiger partial charge in [-0.3, -0.25) is 0 Å². The highest BCUT2D eigenvalue weighted by Crippen LogP contribution is 2.24. The van der Waals surface area contributed by atoms with E-state index in [1.807, 2.05) is 5.38 Å². The van der Waals surface area contributed by atoms with Crippen molar-refractivity contribution < 1.29 is 5.11 Å².